The fourth-order valence-electron chi connectivity index (χ4n) is 2.75. The van der Waals surface area contributed by atoms with E-state index in [1.807, 2.05) is 45.0 Å². The number of ether oxygens (including phenoxy) is 1. The number of nitrogens with zero attached hydrogens (tertiary/aromatic N) is 1. The quantitative estimate of drug-likeness (QED) is 0.894. The molecule has 0 bridgehead atoms. The lowest BCUT2D eigenvalue weighted by atomic mass is 10.0. The predicted octanol–water partition coefficient (Wildman–Crippen LogP) is 3.55. The molecule has 5 heteroatoms. The van der Waals surface area contributed by atoms with E-state index in [0.29, 0.717) is 19.1 Å². The summed E-state index contributed by atoms with van der Waals surface area (Å²) in [5, 5.41) is 13.3. The Morgan fingerprint density at radius 2 is 1.91 bits per heavy atom. The van der Waals surface area contributed by atoms with Gasteiger partial charge in [0.2, 0.25) is 0 Å². The normalized spacial score (nSPS) is 17.7. The average Bonchev–Trinajstić information content (AvgIpc) is 2.46. The first-order valence-electron chi connectivity index (χ1n) is 8.28. The minimum Gasteiger partial charge on any atom is -0.444 e. The van der Waals surface area contributed by atoms with Crippen molar-refractivity contribution in [3.63, 3.8) is 0 Å². The van der Waals surface area contributed by atoms with E-state index in [0.717, 1.165) is 24.1 Å². The van der Waals surface area contributed by atoms with Gasteiger partial charge in [0.05, 0.1) is 6.10 Å². The van der Waals surface area contributed by atoms with Gasteiger partial charge in [-0.2, -0.15) is 0 Å². The number of hydrogen-bond acceptors (Lipinski definition) is 4. The Hall–Kier alpha value is -1.75. The van der Waals surface area contributed by atoms with Gasteiger partial charge >= 0.3 is 6.09 Å². The van der Waals surface area contributed by atoms with Gasteiger partial charge in [-0.1, -0.05) is 18.2 Å². The number of nitrogens with one attached hydrogen (secondary N) is 1. The molecule has 2 N–H and O–H groups in total. The third kappa shape index (κ3) is 5.13. The van der Waals surface area contributed by atoms with Gasteiger partial charge < -0.3 is 20.1 Å². The molecule has 1 fully saturated rings. The summed E-state index contributed by atoms with van der Waals surface area (Å²) in [6, 6.07) is 8.11. The highest BCUT2D eigenvalue weighted by molar-refractivity contribution is 5.68. The van der Waals surface area contributed by atoms with Gasteiger partial charge in [-0.3, -0.25) is 0 Å². The topological polar surface area (TPSA) is 61.8 Å². The third-order valence-corrected chi connectivity index (χ3v) is 3.92. The van der Waals surface area contributed by atoms with Crippen molar-refractivity contribution in [2.45, 2.75) is 58.3 Å². The van der Waals surface area contributed by atoms with Gasteiger partial charge in [-0.05, 0) is 46.6 Å². The molecule has 1 aliphatic heterocycles. The zero-order valence-electron chi connectivity index (χ0n) is 14.5. The highest BCUT2D eigenvalue weighted by Crippen LogP contribution is 2.25. The van der Waals surface area contributed by atoms with Crippen molar-refractivity contribution in [1.82, 2.24) is 4.90 Å². The van der Waals surface area contributed by atoms with Crippen molar-refractivity contribution in [3.05, 3.63) is 29.8 Å². The van der Waals surface area contributed by atoms with Crippen LogP contribution in [0.5, 0.6) is 0 Å². The van der Waals surface area contributed by atoms with Crippen molar-refractivity contribution in [1.29, 1.82) is 0 Å². The largest absolute Gasteiger partial charge is 0.444 e. The van der Waals surface area contributed by atoms with E-state index < -0.39 is 11.7 Å². The summed E-state index contributed by atoms with van der Waals surface area (Å²) in [6.45, 7) is 8.78. The highest BCUT2D eigenvalue weighted by atomic mass is 16.6. The molecular formula is C18H28N2O3. The van der Waals surface area contributed by atoms with Gasteiger partial charge in [0, 0.05) is 30.4 Å². The maximum absolute atomic E-state index is 12.1. The molecule has 23 heavy (non-hydrogen) atoms. The molecule has 1 heterocycles. The number of anilines is 1. The number of aliphatic hydroxyl groups is 1. The van der Waals surface area contributed by atoms with Crippen molar-refractivity contribution < 1.29 is 14.6 Å². The lowest BCUT2D eigenvalue weighted by Gasteiger charge is -2.34. The van der Waals surface area contributed by atoms with Crippen molar-refractivity contribution in [2.75, 3.05) is 18.4 Å². The predicted molar refractivity (Wildman–Crippen MR) is 91.5 cm³/mol. The summed E-state index contributed by atoms with van der Waals surface area (Å²) in [5.41, 5.74) is 1.42. The number of aliphatic hydroxyl groups excluding tert-OH is 1. The van der Waals surface area contributed by atoms with Crippen molar-refractivity contribution in [3.8, 4) is 0 Å². The highest BCUT2D eigenvalue weighted by Gasteiger charge is 2.27. The second-order valence-electron chi connectivity index (χ2n) is 7.15. The molecule has 0 aromatic heterocycles. The number of likely N-dealkylation sites (tertiary alicyclic amines) is 1. The first-order valence-corrected chi connectivity index (χ1v) is 8.28. The van der Waals surface area contributed by atoms with Crippen LogP contribution in [0.2, 0.25) is 0 Å². The summed E-state index contributed by atoms with van der Waals surface area (Å²) in [6.07, 6.45) is 1.00. The molecule has 1 aromatic rings. The van der Waals surface area contributed by atoms with Crippen LogP contribution in [0, 0.1) is 0 Å². The molecule has 0 saturated carbocycles. The van der Waals surface area contributed by atoms with E-state index in [4.69, 9.17) is 4.74 Å². The zero-order chi connectivity index (χ0) is 17.0. The van der Waals surface area contributed by atoms with E-state index in [2.05, 4.69) is 5.32 Å². The second-order valence-corrected chi connectivity index (χ2v) is 7.15. The molecule has 1 unspecified atom stereocenters. The van der Waals surface area contributed by atoms with Crippen LogP contribution in [0.3, 0.4) is 0 Å². The Bertz CT molecular complexity index is 529. The monoisotopic (exact) mass is 320 g/mol. The Balaban J connectivity index is 1.89. The molecule has 1 saturated heterocycles. The number of carbonyl (C=O) groups is 1. The van der Waals surface area contributed by atoms with E-state index in [1.54, 1.807) is 11.8 Å². The minimum atomic E-state index is -0.499. The fourth-order valence-corrected chi connectivity index (χ4v) is 2.75. The lowest BCUT2D eigenvalue weighted by molar-refractivity contribution is 0.0210. The summed E-state index contributed by atoms with van der Waals surface area (Å²) >= 11 is 0. The molecule has 0 aliphatic carbocycles. The number of hydrogen-bond donors (Lipinski definition) is 2. The second kappa shape index (κ2) is 7.21. The van der Waals surface area contributed by atoms with E-state index in [-0.39, 0.29) is 6.09 Å². The van der Waals surface area contributed by atoms with Crippen LogP contribution in [0.4, 0.5) is 10.5 Å². The number of piperidine rings is 1. The Morgan fingerprint density at radius 3 is 2.48 bits per heavy atom. The molecule has 5 nitrogen and oxygen atoms in total. The van der Waals surface area contributed by atoms with Crippen LogP contribution in [-0.2, 0) is 4.74 Å². The molecular weight excluding hydrogens is 292 g/mol. The summed E-state index contributed by atoms with van der Waals surface area (Å²) in [4.78, 5) is 13.8. The van der Waals surface area contributed by atoms with Crippen molar-refractivity contribution >= 4 is 11.8 Å². The lowest BCUT2D eigenvalue weighted by Crippen LogP contribution is -2.44. The van der Waals surface area contributed by atoms with E-state index in [1.165, 1.54) is 0 Å². The number of rotatable bonds is 3. The van der Waals surface area contributed by atoms with Gasteiger partial charge in [0.25, 0.3) is 0 Å². The molecule has 2 rings (SSSR count). The smallest absolute Gasteiger partial charge is 0.410 e. The molecule has 0 radical (unpaired) electrons. The number of benzene rings is 1. The molecule has 1 aliphatic rings. The minimum absolute atomic E-state index is 0.236. The van der Waals surface area contributed by atoms with Gasteiger partial charge in [0.1, 0.15) is 5.60 Å². The molecule has 1 aromatic carbocycles. The van der Waals surface area contributed by atoms with E-state index >= 15 is 0 Å². The van der Waals surface area contributed by atoms with Gasteiger partial charge in [-0.25, -0.2) is 4.79 Å². The maximum atomic E-state index is 12.1. The van der Waals surface area contributed by atoms with Crippen LogP contribution in [0.25, 0.3) is 0 Å². The Labute approximate surface area is 138 Å². The van der Waals surface area contributed by atoms with Crippen molar-refractivity contribution in [2.24, 2.45) is 0 Å². The Morgan fingerprint density at radius 1 is 1.30 bits per heavy atom. The summed E-state index contributed by atoms with van der Waals surface area (Å²) in [5.74, 6) is 0. The number of amides is 1. The van der Waals surface area contributed by atoms with Gasteiger partial charge in [-0.15, -0.1) is 0 Å². The molecule has 128 valence electrons. The fraction of sp³-hybridized carbons (Fsp3) is 0.611. The van der Waals surface area contributed by atoms with Crippen LogP contribution in [0.15, 0.2) is 24.3 Å². The third-order valence-electron chi connectivity index (χ3n) is 3.92. The number of para-hydroxylation sites is 1. The zero-order valence-corrected chi connectivity index (χ0v) is 14.5. The average molecular weight is 320 g/mol. The first-order chi connectivity index (χ1) is 10.8. The van der Waals surface area contributed by atoms with Crippen LogP contribution < -0.4 is 5.32 Å². The summed E-state index contributed by atoms with van der Waals surface area (Å²) < 4.78 is 5.41. The van der Waals surface area contributed by atoms with Crippen LogP contribution >= 0.6 is 0 Å². The first kappa shape index (κ1) is 17.6. The number of carbonyl (C=O) groups excluding carboxylic acids is 1. The maximum Gasteiger partial charge on any atom is 0.410 e. The molecule has 1 atom stereocenters. The SMILES string of the molecule is CC(O)c1ccccc1NC1CCN(C(=O)OC(C)(C)C)CC1. The van der Waals surface area contributed by atoms with Crippen LogP contribution in [-0.4, -0.2) is 40.8 Å². The van der Waals surface area contributed by atoms with Crippen LogP contribution in [0.1, 0.15) is 52.2 Å². The summed E-state index contributed by atoms with van der Waals surface area (Å²) in [7, 11) is 0. The standard InChI is InChI=1S/C18H28N2O3/c1-13(21)15-7-5-6-8-16(15)19-14-9-11-20(12-10-14)17(22)23-18(2,3)4/h5-8,13-14,19,21H,9-12H2,1-4H3. The Kier molecular flexibility index (Phi) is 5.52. The van der Waals surface area contributed by atoms with Gasteiger partial charge in [0.15, 0.2) is 0 Å². The molecule has 0 spiro atoms. The molecule has 1 amide bonds. The van der Waals surface area contributed by atoms with E-state index in [9.17, 15) is 9.90 Å².